The summed E-state index contributed by atoms with van der Waals surface area (Å²) in [5.74, 6) is 3.20. The minimum atomic E-state index is 0.534. The first-order chi connectivity index (χ1) is 12.8. The fourth-order valence-electron chi connectivity index (χ4n) is 2.69. The second-order valence-electron chi connectivity index (χ2n) is 6.33. The maximum absolute atomic E-state index is 5.49. The molecule has 1 aliphatic carbocycles. The Bertz CT molecular complexity index is 861. The first kappa shape index (κ1) is 16.4. The number of nitrogens with zero attached hydrogens (tertiary/aromatic N) is 2. The number of hydrogen-bond acceptors (Lipinski definition) is 5. The lowest BCUT2D eigenvalue weighted by Crippen LogP contribution is -2.06. The van der Waals surface area contributed by atoms with Gasteiger partial charge in [0.05, 0.1) is 6.61 Å². The predicted octanol–water partition coefficient (Wildman–Crippen LogP) is 4.86. The molecule has 3 aromatic rings. The zero-order valence-corrected chi connectivity index (χ0v) is 14.8. The molecule has 4 rings (SSSR count). The fraction of sp³-hybridized carbons (Fsp3) is 0.238. The van der Waals surface area contributed by atoms with Gasteiger partial charge >= 0.3 is 0 Å². The van der Waals surface area contributed by atoms with E-state index in [4.69, 9.17) is 9.72 Å². The third-order valence-electron chi connectivity index (χ3n) is 4.13. The van der Waals surface area contributed by atoms with Gasteiger partial charge in [-0.05, 0) is 44.0 Å². The fourth-order valence-corrected chi connectivity index (χ4v) is 2.69. The monoisotopic (exact) mass is 346 g/mol. The van der Waals surface area contributed by atoms with Gasteiger partial charge in [0.2, 0.25) is 0 Å². The summed E-state index contributed by atoms with van der Waals surface area (Å²) in [5.41, 5.74) is 1.96. The van der Waals surface area contributed by atoms with Crippen LogP contribution in [0.5, 0.6) is 5.75 Å². The number of hydrogen-bond donors (Lipinski definition) is 2. The van der Waals surface area contributed by atoms with Crippen molar-refractivity contribution in [2.45, 2.75) is 25.8 Å². The summed E-state index contributed by atoms with van der Waals surface area (Å²) in [5, 5.41) is 6.84. The number of benzene rings is 2. The van der Waals surface area contributed by atoms with E-state index in [1.54, 1.807) is 0 Å². The molecule has 2 N–H and O–H groups in total. The maximum atomic E-state index is 5.49. The van der Waals surface area contributed by atoms with Crippen molar-refractivity contribution in [2.24, 2.45) is 0 Å². The Morgan fingerprint density at radius 3 is 2.38 bits per heavy atom. The third-order valence-corrected chi connectivity index (χ3v) is 4.13. The number of ether oxygens (including phenoxy) is 1. The summed E-state index contributed by atoms with van der Waals surface area (Å²) < 4.78 is 5.49. The van der Waals surface area contributed by atoms with E-state index in [9.17, 15) is 0 Å². The molecular weight excluding hydrogens is 324 g/mol. The summed E-state index contributed by atoms with van der Waals surface area (Å²) in [6, 6.07) is 20.4. The third kappa shape index (κ3) is 4.11. The lowest BCUT2D eigenvalue weighted by molar-refractivity contribution is 0.340. The summed E-state index contributed by atoms with van der Waals surface area (Å²) in [6.45, 7) is 2.64. The Labute approximate surface area is 153 Å². The highest BCUT2D eigenvalue weighted by Crippen LogP contribution is 2.28. The van der Waals surface area contributed by atoms with Crippen LogP contribution in [0.4, 0.5) is 17.3 Å². The highest BCUT2D eigenvalue weighted by Gasteiger charge is 2.22. The SMILES string of the molecule is CCOc1ccc(Nc2cc(NC3CC3)nc(-c3ccccc3)n2)cc1. The molecule has 1 fully saturated rings. The van der Waals surface area contributed by atoms with E-state index >= 15 is 0 Å². The minimum Gasteiger partial charge on any atom is -0.494 e. The molecule has 0 atom stereocenters. The van der Waals surface area contributed by atoms with Crippen LogP contribution in [-0.2, 0) is 0 Å². The summed E-state index contributed by atoms with van der Waals surface area (Å²) in [6.07, 6.45) is 2.40. The minimum absolute atomic E-state index is 0.534. The summed E-state index contributed by atoms with van der Waals surface area (Å²) in [4.78, 5) is 9.37. The van der Waals surface area contributed by atoms with E-state index in [-0.39, 0.29) is 0 Å². The standard InChI is InChI=1S/C21H22N4O/c1-2-26-18-12-10-17(11-13-18)23-20-14-19(22-16-8-9-16)24-21(25-20)15-6-4-3-5-7-15/h3-7,10-14,16H,2,8-9H2,1H3,(H2,22,23,24,25). The van der Waals surface area contributed by atoms with Gasteiger partial charge in [0, 0.05) is 23.4 Å². The first-order valence-electron chi connectivity index (χ1n) is 9.01. The van der Waals surface area contributed by atoms with Crippen LogP contribution in [0.3, 0.4) is 0 Å². The van der Waals surface area contributed by atoms with Gasteiger partial charge in [-0.25, -0.2) is 9.97 Å². The predicted molar refractivity (Wildman–Crippen MR) is 105 cm³/mol. The van der Waals surface area contributed by atoms with Crippen molar-refractivity contribution in [1.82, 2.24) is 9.97 Å². The molecule has 1 saturated carbocycles. The Morgan fingerprint density at radius 1 is 0.962 bits per heavy atom. The lowest BCUT2D eigenvalue weighted by Gasteiger charge is -2.12. The van der Waals surface area contributed by atoms with Crippen molar-refractivity contribution < 1.29 is 4.74 Å². The van der Waals surface area contributed by atoms with Gasteiger partial charge in [0.15, 0.2) is 5.82 Å². The van der Waals surface area contributed by atoms with Crippen molar-refractivity contribution in [1.29, 1.82) is 0 Å². The topological polar surface area (TPSA) is 59.1 Å². The molecule has 2 aromatic carbocycles. The molecule has 0 saturated heterocycles. The van der Waals surface area contributed by atoms with Gasteiger partial charge in [0.25, 0.3) is 0 Å². The van der Waals surface area contributed by atoms with E-state index in [2.05, 4.69) is 15.6 Å². The normalized spacial score (nSPS) is 13.3. The lowest BCUT2D eigenvalue weighted by atomic mass is 10.2. The van der Waals surface area contributed by atoms with Crippen molar-refractivity contribution in [3.63, 3.8) is 0 Å². The average Bonchev–Trinajstić information content (AvgIpc) is 3.48. The van der Waals surface area contributed by atoms with Crippen LogP contribution in [0.15, 0.2) is 60.7 Å². The average molecular weight is 346 g/mol. The van der Waals surface area contributed by atoms with Gasteiger partial charge in [-0.1, -0.05) is 30.3 Å². The van der Waals surface area contributed by atoms with Crippen molar-refractivity contribution in [3.05, 3.63) is 60.7 Å². The number of rotatable bonds is 7. The largest absolute Gasteiger partial charge is 0.494 e. The summed E-state index contributed by atoms with van der Waals surface area (Å²) in [7, 11) is 0. The quantitative estimate of drug-likeness (QED) is 0.640. The van der Waals surface area contributed by atoms with Crippen molar-refractivity contribution >= 4 is 17.3 Å². The van der Waals surface area contributed by atoms with Crippen LogP contribution in [0.1, 0.15) is 19.8 Å². The molecule has 5 heteroatoms. The molecule has 0 spiro atoms. The van der Waals surface area contributed by atoms with Crippen LogP contribution in [-0.4, -0.2) is 22.6 Å². The van der Waals surface area contributed by atoms with E-state index in [1.165, 1.54) is 12.8 Å². The van der Waals surface area contributed by atoms with Gasteiger partial charge in [0.1, 0.15) is 17.4 Å². The highest BCUT2D eigenvalue weighted by molar-refractivity contribution is 5.65. The van der Waals surface area contributed by atoms with Crippen LogP contribution in [0, 0.1) is 0 Å². The Morgan fingerprint density at radius 2 is 1.69 bits per heavy atom. The van der Waals surface area contributed by atoms with Crippen molar-refractivity contribution in [2.75, 3.05) is 17.2 Å². The molecule has 26 heavy (non-hydrogen) atoms. The van der Waals surface area contributed by atoms with E-state index in [1.807, 2.05) is 67.6 Å². The zero-order chi connectivity index (χ0) is 17.8. The Kier molecular flexibility index (Phi) is 4.69. The molecule has 0 unspecified atom stereocenters. The van der Waals surface area contributed by atoms with Crippen LogP contribution in [0.2, 0.25) is 0 Å². The molecule has 1 aliphatic rings. The second kappa shape index (κ2) is 7.44. The van der Waals surface area contributed by atoms with E-state index in [0.29, 0.717) is 18.5 Å². The number of anilines is 3. The van der Waals surface area contributed by atoms with E-state index in [0.717, 1.165) is 28.6 Å². The maximum Gasteiger partial charge on any atom is 0.163 e. The van der Waals surface area contributed by atoms with Gasteiger partial charge in [-0.2, -0.15) is 0 Å². The van der Waals surface area contributed by atoms with Gasteiger partial charge < -0.3 is 15.4 Å². The smallest absolute Gasteiger partial charge is 0.163 e. The molecule has 0 amide bonds. The Balaban J connectivity index is 1.61. The molecule has 0 aliphatic heterocycles. The molecule has 0 radical (unpaired) electrons. The van der Waals surface area contributed by atoms with Crippen LogP contribution >= 0.6 is 0 Å². The van der Waals surface area contributed by atoms with Crippen LogP contribution in [0.25, 0.3) is 11.4 Å². The van der Waals surface area contributed by atoms with Crippen LogP contribution < -0.4 is 15.4 Å². The van der Waals surface area contributed by atoms with Gasteiger partial charge in [-0.3, -0.25) is 0 Å². The molecule has 132 valence electrons. The Hall–Kier alpha value is -3.08. The summed E-state index contributed by atoms with van der Waals surface area (Å²) >= 11 is 0. The number of aromatic nitrogens is 2. The number of nitrogens with one attached hydrogen (secondary N) is 2. The second-order valence-corrected chi connectivity index (χ2v) is 6.33. The first-order valence-corrected chi connectivity index (χ1v) is 9.01. The van der Waals surface area contributed by atoms with Gasteiger partial charge in [-0.15, -0.1) is 0 Å². The molecule has 5 nitrogen and oxygen atoms in total. The molecular formula is C21H22N4O. The van der Waals surface area contributed by atoms with Crippen molar-refractivity contribution in [3.8, 4) is 17.1 Å². The highest BCUT2D eigenvalue weighted by atomic mass is 16.5. The molecule has 1 aromatic heterocycles. The zero-order valence-electron chi connectivity index (χ0n) is 14.8. The molecule has 0 bridgehead atoms. The molecule has 1 heterocycles. The van der Waals surface area contributed by atoms with E-state index < -0.39 is 0 Å².